The van der Waals surface area contributed by atoms with E-state index in [1.54, 1.807) is 26.1 Å². The number of carboxylic acid groups (broad SMARTS) is 1. The van der Waals surface area contributed by atoms with Gasteiger partial charge in [-0.25, -0.2) is 9.78 Å². The first kappa shape index (κ1) is 29.3. The number of oxazole rings is 1. The molecule has 0 aliphatic carbocycles. The molecule has 2 aromatic heterocycles. The van der Waals surface area contributed by atoms with E-state index in [0.29, 0.717) is 31.1 Å². The van der Waals surface area contributed by atoms with Gasteiger partial charge in [0.25, 0.3) is 0 Å². The Morgan fingerprint density at radius 1 is 0.976 bits per heavy atom. The highest BCUT2D eigenvalue weighted by atomic mass is 16.6. The SMILES string of the molecule is Cc1ccnc(-c2ccc(-c3nc(CCOc4ccc(CCC(=O)O)c(CNC(=O)OC(C)C)c4)c(C)o3)cc2)c1. The van der Waals surface area contributed by atoms with Gasteiger partial charge in [-0.05, 0) is 87.2 Å². The Hall–Kier alpha value is -4.66. The number of carboxylic acids is 1. The Morgan fingerprint density at radius 3 is 2.44 bits per heavy atom. The van der Waals surface area contributed by atoms with Crippen molar-refractivity contribution in [3.05, 3.63) is 88.9 Å². The van der Waals surface area contributed by atoms with Crippen LogP contribution in [0.2, 0.25) is 0 Å². The van der Waals surface area contributed by atoms with Gasteiger partial charge in [-0.2, -0.15) is 0 Å². The van der Waals surface area contributed by atoms with E-state index in [4.69, 9.17) is 24.0 Å². The number of carbonyl (C=O) groups excluding carboxylic acids is 1. The fraction of sp³-hybridized carbons (Fsp3) is 0.312. The van der Waals surface area contributed by atoms with E-state index in [-0.39, 0.29) is 19.1 Å². The highest BCUT2D eigenvalue weighted by molar-refractivity contribution is 5.68. The largest absolute Gasteiger partial charge is 0.493 e. The molecule has 0 saturated carbocycles. The first-order valence-corrected chi connectivity index (χ1v) is 13.6. The number of aliphatic carboxylic acids is 1. The summed E-state index contributed by atoms with van der Waals surface area (Å²) < 4.78 is 17.1. The number of amides is 1. The number of rotatable bonds is 12. The van der Waals surface area contributed by atoms with Crippen molar-refractivity contribution >= 4 is 12.1 Å². The molecule has 0 aliphatic heterocycles. The summed E-state index contributed by atoms with van der Waals surface area (Å²) in [6.45, 7) is 8.02. The van der Waals surface area contributed by atoms with E-state index in [1.807, 2.05) is 62.4 Å². The Kier molecular flexibility index (Phi) is 9.73. The van der Waals surface area contributed by atoms with E-state index < -0.39 is 12.1 Å². The van der Waals surface area contributed by atoms with Crippen LogP contribution in [0.1, 0.15) is 48.4 Å². The number of hydrogen-bond donors (Lipinski definition) is 2. The normalized spacial score (nSPS) is 11.0. The van der Waals surface area contributed by atoms with E-state index in [9.17, 15) is 9.59 Å². The molecule has 0 unspecified atom stereocenters. The van der Waals surface area contributed by atoms with Gasteiger partial charge in [-0.3, -0.25) is 9.78 Å². The number of pyridine rings is 1. The number of hydrogen-bond acceptors (Lipinski definition) is 7. The topological polar surface area (TPSA) is 124 Å². The van der Waals surface area contributed by atoms with Crippen LogP contribution in [0, 0.1) is 13.8 Å². The van der Waals surface area contributed by atoms with Gasteiger partial charge in [-0.1, -0.05) is 18.2 Å². The van der Waals surface area contributed by atoms with Crippen molar-refractivity contribution in [2.75, 3.05) is 6.61 Å². The lowest BCUT2D eigenvalue weighted by Crippen LogP contribution is -2.26. The average molecular weight is 558 g/mol. The second-order valence-corrected chi connectivity index (χ2v) is 10.0. The average Bonchev–Trinajstić information content (AvgIpc) is 3.31. The molecular formula is C32H35N3O6. The van der Waals surface area contributed by atoms with E-state index in [2.05, 4.69) is 10.3 Å². The Morgan fingerprint density at radius 2 is 1.73 bits per heavy atom. The van der Waals surface area contributed by atoms with Crippen LogP contribution in [0.5, 0.6) is 5.75 Å². The van der Waals surface area contributed by atoms with E-state index >= 15 is 0 Å². The van der Waals surface area contributed by atoms with Crippen molar-refractivity contribution in [1.82, 2.24) is 15.3 Å². The molecule has 0 atom stereocenters. The third-order valence-corrected chi connectivity index (χ3v) is 6.40. The third kappa shape index (κ3) is 8.41. The molecule has 0 radical (unpaired) electrons. The minimum Gasteiger partial charge on any atom is -0.493 e. The number of aromatic nitrogens is 2. The smallest absolute Gasteiger partial charge is 0.407 e. The number of alkyl carbamates (subject to hydrolysis) is 1. The number of nitrogens with one attached hydrogen (secondary N) is 1. The van der Waals surface area contributed by atoms with Crippen LogP contribution in [0.3, 0.4) is 0 Å². The molecule has 0 spiro atoms. The molecule has 2 heterocycles. The zero-order valence-corrected chi connectivity index (χ0v) is 23.8. The lowest BCUT2D eigenvalue weighted by atomic mass is 10.0. The Balaban J connectivity index is 1.39. The van der Waals surface area contributed by atoms with Gasteiger partial charge < -0.3 is 24.3 Å². The quantitative estimate of drug-likeness (QED) is 0.208. The summed E-state index contributed by atoms with van der Waals surface area (Å²) in [6.07, 6.45) is 1.90. The van der Waals surface area contributed by atoms with Gasteiger partial charge in [0.15, 0.2) is 0 Å². The maximum Gasteiger partial charge on any atom is 0.407 e. The lowest BCUT2D eigenvalue weighted by Gasteiger charge is -2.14. The predicted octanol–water partition coefficient (Wildman–Crippen LogP) is 6.29. The van der Waals surface area contributed by atoms with Crippen LogP contribution >= 0.6 is 0 Å². The maximum atomic E-state index is 12.0. The summed E-state index contributed by atoms with van der Waals surface area (Å²) in [5.41, 5.74) is 6.38. The lowest BCUT2D eigenvalue weighted by molar-refractivity contribution is -0.136. The van der Waals surface area contributed by atoms with Crippen molar-refractivity contribution in [3.8, 4) is 28.5 Å². The molecule has 0 fully saturated rings. The standard InChI is InChI=1S/C32H35N3O6/c1-20(2)40-32(38)34-19-26-18-27(11-9-23(26)10-12-30(36)37)39-16-14-28-22(4)41-31(35-28)25-7-5-24(6-8-25)29-17-21(3)13-15-33-29/h5-9,11,13,15,17-18,20H,10,12,14,16,19H2,1-4H3,(H,34,38)(H,36,37). The molecule has 1 amide bonds. The monoisotopic (exact) mass is 557 g/mol. The Labute approximate surface area is 239 Å². The van der Waals surface area contributed by atoms with Gasteiger partial charge in [0.2, 0.25) is 5.89 Å². The summed E-state index contributed by atoms with van der Waals surface area (Å²) in [7, 11) is 0. The second kappa shape index (κ2) is 13.6. The van der Waals surface area contributed by atoms with Crippen molar-refractivity contribution in [1.29, 1.82) is 0 Å². The van der Waals surface area contributed by atoms with Gasteiger partial charge >= 0.3 is 12.1 Å². The van der Waals surface area contributed by atoms with Gasteiger partial charge in [0.05, 0.1) is 24.1 Å². The number of carbonyl (C=O) groups is 2. The van der Waals surface area contributed by atoms with Crippen LogP contribution < -0.4 is 10.1 Å². The van der Waals surface area contributed by atoms with Crippen molar-refractivity contribution in [2.24, 2.45) is 0 Å². The number of benzene rings is 2. The highest BCUT2D eigenvalue weighted by Crippen LogP contribution is 2.26. The predicted molar refractivity (Wildman–Crippen MR) is 155 cm³/mol. The summed E-state index contributed by atoms with van der Waals surface area (Å²) in [6, 6.07) is 17.4. The zero-order valence-electron chi connectivity index (χ0n) is 23.8. The molecule has 0 bridgehead atoms. The fourth-order valence-electron chi connectivity index (χ4n) is 4.29. The first-order chi connectivity index (χ1) is 19.7. The molecule has 9 heteroatoms. The third-order valence-electron chi connectivity index (χ3n) is 6.40. The zero-order chi connectivity index (χ0) is 29.4. The first-order valence-electron chi connectivity index (χ1n) is 13.6. The van der Waals surface area contributed by atoms with Crippen LogP contribution in [0.4, 0.5) is 4.79 Å². The van der Waals surface area contributed by atoms with Gasteiger partial charge in [0, 0.05) is 36.7 Å². The summed E-state index contributed by atoms with van der Waals surface area (Å²) in [4.78, 5) is 32.2. The van der Waals surface area contributed by atoms with E-state index in [1.165, 1.54) is 0 Å². The second-order valence-electron chi connectivity index (χ2n) is 10.0. The molecule has 0 aliphatic rings. The molecule has 4 rings (SSSR count). The number of ether oxygens (including phenoxy) is 2. The number of nitrogens with zero attached hydrogens (tertiary/aromatic N) is 2. The molecular weight excluding hydrogens is 522 g/mol. The van der Waals surface area contributed by atoms with Crippen LogP contribution in [-0.2, 0) is 28.9 Å². The van der Waals surface area contributed by atoms with Crippen molar-refractivity contribution in [2.45, 2.75) is 59.6 Å². The molecule has 4 aromatic rings. The van der Waals surface area contributed by atoms with Crippen molar-refractivity contribution < 1.29 is 28.6 Å². The molecule has 9 nitrogen and oxygen atoms in total. The summed E-state index contributed by atoms with van der Waals surface area (Å²) in [5.74, 6) is 1.00. The molecule has 2 aromatic carbocycles. The van der Waals surface area contributed by atoms with Crippen LogP contribution in [0.25, 0.3) is 22.7 Å². The van der Waals surface area contributed by atoms with Crippen LogP contribution in [0.15, 0.2) is 65.2 Å². The molecule has 41 heavy (non-hydrogen) atoms. The molecule has 2 N–H and O–H groups in total. The maximum absolute atomic E-state index is 12.0. The van der Waals surface area contributed by atoms with Gasteiger partial charge in [0.1, 0.15) is 11.5 Å². The van der Waals surface area contributed by atoms with E-state index in [0.717, 1.165) is 45.0 Å². The number of aryl methyl sites for hydroxylation is 3. The van der Waals surface area contributed by atoms with Crippen LogP contribution in [-0.4, -0.2) is 39.8 Å². The molecule has 214 valence electrons. The minimum absolute atomic E-state index is 0.0110. The highest BCUT2D eigenvalue weighted by Gasteiger charge is 2.14. The minimum atomic E-state index is -0.884. The fourth-order valence-corrected chi connectivity index (χ4v) is 4.29. The van der Waals surface area contributed by atoms with Gasteiger partial charge in [-0.15, -0.1) is 0 Å². The Bertz CT molecular complexity index is 1490. The molecule has 0 saturated heterocycles. The summed E-state index contributed by atoms with van der Waals surface area (Å²) in [5, 5.41) is 11.8. The van der Waals surface area contributed by atoms with Crippen molar-refractivity contribution in [3.63, 3.8) is 0 Å². The summed E-state index contributed by atoms with van der Waals surface area (Å²) >= 11 is 0.